The van der Waals surface area contributed by atoms with Crippen molar-refractivity contribution in [2.75, 3.05) is 25.0 Å². The van der Waals surface area contributed by atoms with Crippen molar-refractivity contribution in [3.05, 3.63) is 29.3 Å². The van der Waals surface area contributed by atoms with E-state index in [-0.39, 0.29) is 6.03 Å². The minimum Gasteiger partial charge on any atom is -0.368 e. The maximum atomic E-state index is 12.1. The van der Waals surface area contributed by atoms with E-state index in [1.54, 1.807) is 24.3 Å². The Balaban J connectivity index is 2.07. The van der Waals surface area contributed by atoms with Crippen LogP contribution in [0.5, 0.6) is 0 Å². The number of piperazine rings is 1. The van der Waals surface area contributed by atoms with Crippen LogP contribution < -0.4 is 16.4 Å². The Labute approximate surface area is 115 Å². The van der Waals surface area contributed by atoms with Crippen LogP contribution >= 0.6 is 11.6 Å². The van der Waals surface area contributed by atoms with E-state index in [2.05, 4.69) is 10.6 Å². The molecule has 3 amide bonds. The number of benzene rings is 1. The Morgan fingerprint density at radius 3 is 2.95 bits per heavy atom. The summed E-state index contributed by atoms with van der Waals surface area (Å²) in [5.41, 5.74) is 5.87. The first-order valence-electron chi connectivity index (χ1n) is 5.91. The van der Waals surface area contributed by atoms with Crippen LogP contribution in [0.3, 0.4) is 0 Å². The van der Waals surface area contributed by atoms with Gasteiger partial charge in [0.25, 0.3) is 0 Å². The van der Waals surface area contributed by atoms with Crippen molar-refractivity contribution in [3.63, 3.8) is 0 Å². The number of nitrogens with two attached hydrogens (primary N) is 1. The number of halogens is 1. The molecule has 1 heterocycles. The number of hydrogen-bond acceptors (Lipinski definition) is 3. The van der Waals surface area contributed by atoms with E-state index >= 15 is 0 Å². The zero-order chi connectivity index (χ0) is 13.8. The number of amides is 3. The second-order valence-electron chi connectivity index (χ2n) is 4.26. The molecular weight excluding hydrogens is 268 g/mol. The van der Waals surface area contributed by atoms with Gasteiger partial charge < -0.3 is 21.3 Å². The molecule has 4 N–H and O–H groups in total. The van der Waals surface area contributed by atoms with Crippen molar-refractivity contribution in [3.8, 4) is 0 Å². The topological polar surface area (TPSA) is 87.5 Å². The van der Waals surface area contributed by atoms with E-state index in [4.69, 9.17) is 17.3 Å². The van der Waals surface area contributed by atoms with E-state index in [1.807, 2.05) is 0 Å². The van der Waals surface area contributed by atoms with Gasteiger partial charge >= 0.3 is 6.03 Å². The van der Waals surface area contributed by atoms with Crippen LogP contribution in [-0.4, -0.2) is 42.5 Å². The summed E-state index contributed by atoms with van der Waals surface area (Å²) in [5, 5.41) is 6.27. The first-order valence-corrected chi connectivity index (χ1v) is 6.29. The highest BCUT2D eigenvalue weighted by atomic mass is 35.5. The molecule has 0 saturated carbocycles. The Morgan fingerprint density at radius 2 is 2.26 bits per heavy atom. The first-order chi connectivity index (χ1) is 9.08. The lowest BCUT2D eigenvalue weighted by Crippen LogP contribution is -2.59. The van der Waals surface area contributed by atoms with E-state index in [0.29, 0.717) is 30.3 Å². The average Bonchev–Trinajstić information content (AvgIpc) is 2.38. The number of carbonyl (C=O) groups excluding carboxylic acids is 2. The zero-order valence-corrected chi connectivity index (χ0v) is 11.0. The number of primary amides is 1. The summed E-state index contributed by atoms with van der Waals surface area (Å²) in [5.74, 6) is -0.520. The summed E-state index contributed by atoms with van der Waals surface area (Å²) in [6, 6.07) is 5.84. The van der Waals surface area contributed by atoms with Gasteiger partial charge in [0.15, 0.2) is 0 Å². The number of carbonyl (C=O) groups is 2. The summed E-state index contributed by atoms with van der Waals surface area (Å²) >= 11 is 5.84. The van der Waals surface area contributed by atoms with Gasteiger partial charge in [0.05, 0.1) is 0 Å². The SMILES string of the molecule is NC(=O)C1CNCCN1C(=O)Nc1cccc(Cl)c1. The highest BCUT2D eigenvalue weighted by molar-refractivity contribution is 6.30. The molecule has 0 radical (unpaired) electrons. The van der Waals surface area contributed by atoms with E-state index < -0.39 is 11.9 Å². The number of nitrogens with zero attached hydrogens (tertiary/aromatic N) is 1. The Morgan fingerprint density at radius 1 is 1.47 bits per heavy atom. The minimum absolute atomic E-state index is 0.354. The number of rotatable bonds is 2. The van der Waals surface area contributed by atoms with E-state index in [0.717, 1.165) is 0 Å². The fourth-order valence-electron chi connectivity index (χ4n) is 1.96. The fourth-order valence-corrected chi connectivity index (χ4v) is 2.15. The summed E-state index contributed by atoms with van der Waals surface area (Å²) in [6.45, 7) is 1.44. The van der Waals surface area contributed by atoms with Gasteiger partial charge in [0.1, 0.15) is 6.04 Å². The number of nitrogens with one attached hydrogen (secondary N) is 2. The molecule has 1 aromatic carbocycles. The van der Waals surface area contributed by atoms with E-state index in [9.17, 15) is 9.59 Å². The average molecular weight is 283 g/mol. The normalized spacial score (nSPS) is 19.0. The minimum atomic E-state index is -0.632. The predicted molar refractivity (Wildman–Crippen MR) is 73.0 cm³/mol. The van der Waals surface area contributed by atoms with Crippen LogP contribution in [-0.2, 0) is 4.79 Å². The summed E-state index contributed by atoms with van der Waals surface area (Å²) in [6.07, 6.45) is 0. The zero-order valence-electron chi connectivity index (χ0n) is 10.2. The maximum Gasteiger partial charge on any atom is 0.322 e. The highest BCUT2D eigenvalue weighted by Gasteiger charge is 2.30. The molecule has 1 atom stereocenters. The molecule has 102 valence electrons. The summed E-state index contributed by atoms with van der Waals surface area (Å²) in [7, 11) is 0. The Kier molecular flexibility index (Phi) is 4.24. The van der Waals surface area contributed by atoms with E-state index in [1.165, 1.54) is 4.90 Å². The van der Waals surface area contributed by atoms with Crippen molar-refractivity contribution in [2.24, 2.45) is 5.73 Å². The van der Waals surface area contributed by atoms with Crippen LogP contribution in [0.4, 0.5) is 10.5 Å². The van der Waals surface area contributed by atoms with Gasteiger partial charge in [-0.15, -0.1) is 0 Å². The highest BCUT2D eigenvalue weighted by Crippen LogP contribution is 2.16. The molecule has 1 aliphatic rings. The molecule has 1 saturated heterocycles. The molecule has 7 heteroatoms. The quantitative estimate of drug-likeness (QED) is 0.743. The lowest BCUT2D eigenvalue weighted by molar-refractivity contribution is -0.122. The summed E-state index contributed by atoms with van der Waals surface area (Å²) < 4.78 is 0. The third kappa shape index (κ3) is 3.36. The molecule has 1 aliphatic heterocycles. The van der Waals surface area contributed by atoms with Crippen molar-refractivity contribution in [1.29, 1.82) is 0 Å². The van der Waals surface area contributed by atoms with Gasteiger partial charge in [-0.2, -0.15) is 0 Å². The van der Waals surface area contributed by atoms with Gasteiger partial charge in [0.2, 0.25) is 5.91 Å². The van der Waals surface area contributed by atoms with Crippen molar-refractivity contribution in [1.82, 2.24) is 10.2 Å². The molecule has 19 heavy (non-hydrogen) atoms. The number of urea groups is 1. The lowest BCUT2D eigenvalue weighted by Gasteiger charge is -2.34. The second-order valence-corrected chi connectivity index (χ2v) is 4.69. The van der Waals surface area contributed by atoms with Crippen molar-refractivity contribution >= 4 is 29.2 Å². The molecule has 0 bridgehead atoms. The Hall–Kier alpha value is -1.79. The lowest BCUT2D eigenvalue weighted by atomic mass is 10.2. The van der Waals surface area contributed by atoms with Crippen molar-refractivity contribution < 1.29 is 9.59 Å². The molecule has 1 aromatic rings. The third-order valence-corrected chi connectivity index (χ3v) is 3.14. The van der Waals surface area contributed by atoms with Gasteiger partial charge in [-0.05, 0) is 18.2 Å². The summed E-state index contributed by atoms with van der Waals surface area (Å²) in [4.78, 5) is 24.9. The largest absolute Gasteiger partial charge is 0.368 e. The van der Waals surface area contributed by atoms with Crippen LogP contribution in [0.1, 0.15) is 0 Å². The standard InChI is InChI=1S/C12H15ClN4O2/c13-8-2-1-3-9(6-8)16-12(19)17-5-4-15-7-10(17)11(14)18/h1-3,6,10,15H,4-5,7H2,(H2,14,18)(H,16,19). The van der Waals surface area contributed by atoms with Gasteiger partial charge in [-0.25, -0.2) is 4.79 Å². The number of anilines is 1. The smallest absolute Gasteiger partial charge is 0.322 e. The van der Waals surface area contributed by atoms with Crippen LogP contribution in [0.2, 0.25) is 5.02 Å². The van der Waals surface area contributed by atoms with Crippen LogP contribution in [0, 0.1) is 0 Å². The second kappa shape index (κ2) is 5.90. The van der Waals surface area contributed by atoms with Gasteiger partial charge in [0, 0.05) is 30.3 Å². The van der Waals surface area contributed by atoms with Crippen LogP contribution in [0.25, 0.3) is 0 Å². The molecule has 1 fully saturated rings. The fraction of sp³-hybridized carbons (Fsp3) is 0.333. The molecule has 0 aromatic heterocycles. The van der Waals surface area contributed by atoms with Gasteiger partial charge in [-0.3, -0.25) is 4.79 Å². The van der Waals surface area contributed by atoms with Gasteiger partial charge in [-0.1, -0.05) is 17.7 Å². The monoisotopic (exact) mass is 282 g/mol. The van der Waals surface area contributed by atoms with Crippen LogP contribution in [0.15, 0.2) is 24.3 Å². The molecular formula is C12H15ClN4O2. The molecule has 1 unspecified atom stereocenters. The molecule has 0 aliphatic carbocycles. The number of hydrogen-bond donors (Lipinski definition) is 3. The molecule has 6 nitrogen and oxygen atoms in total. The maximum absolute atomic E-state index is 12.1. The molecule has 2 rings (SSSR count). The Bertz CT molecular complexity index is 494. The predicted octanol–water partition coefficient (Wildman–Crippen LogP) is 0.631. The third-order valence-electron chi connectivity index (χ3n) is 2.91. The first kappa shape index (κ1) is 13.6. The van der Waals surface area contributed by atoms with Crippen molar-refractivity contribution in [2.45, 2.75) is 6.04 Å². The molecule has 0 spiro atoms.